The van der Waals surface area contributed by atoms with Crippen LogP contribution in [0.4, 0.5) is 0 Å². The number of esters is 1. The highest BCUT2D eigenvalue weighted by Crippen LogP contribution is 2.45. The third-order valence-corrected chi connectivity index (χ3v) is 7.44. The Hall–Kier alpha value is -3.88. The average molecular weight is 550 g/mol. The van der Waals surface area contributed by atoms with Crippen LogP contribution in [0.1, 0.15) is 42.7 Å². The van der Waals surface area contributed by atoms with E-state index in [-0.39, 0.29) is 53.3 Å². The zero-order valence-corrected chi connectivity index (χ0v) is 22.6. The highest BCUT2D eigenvalue weighted by molar-refractivity contribution is 6.31. The molecule has 0 amide bonds. The number of carbonyl (C=O) groups is 2. The molecule has 1 aliphatic heterocycles. The fraction of sp³-hybridized carbons (Fsp3) is 0.300. The summed E-state index contributed by atoms with van der Waals surface area (Å²) in [6, 6.07) is 12.4. The van der Waals surface area contributed by atoms with Crippen LogP contribution in [0.2, 0.25) is 5.02 Å². The lowest BCUT2D eigenvalue weighted by atomic mass is 9.72. The molecule has 3 aromatic rings. The molecule has 0 bridgehead atoms. The fourth-order valence-corrected chi connectivity index (χ4v) is 5.54. The maximum atomic E-state index is 13.8. The molecule has 2 atom stereocenters. The first-order chi connectivity index (χ1) is 18.8. The Balaban J connectivity index is 1.64. The summed E-state index contributed by atoms with van der Waals surface area (Å²) >= 11 is 6.17. The minimum absolute atomic E-state index is 0.0263. The number of nitrogens with one attached hydrogen (secondary N) is 1. The van der Waals surface area contributed by atoms with Gasteiger partial charge in [-0.1, -0.05) is 23.7 Å². The van der Waals surface area contributed by atoms with Crippen molar-refractivity contribution in [3.63, 3.8) is 0 Å². The summed E-state index contributed by atoms with van der Waals surface area (Å²) in [5.41, 5.74) is 2.86. The maximum Gasteiger partial charge on any atom is 0.336 e. The molecule has 0 saturated heterocycles. The highest BCUT2D eigenvalue weighted by atomic mass is 35.5. The van der Waals surface area contributed by atoms with Crippen LogP contribution in [0.15, 0.2) is 80.5 Å². The van der Waals surface area contributed by atoms with Gasteiger partial charge in [-0.2, -0.15) is 0 Å². The standard InChI is InChI=1S/C30H28ClNO7/c1-16-26(30(35)38-10-9-36-2)27(22-15-39-25-8-7-19(31)14-21(25)29(22)34)28-23(32-16)12-18(13-24(28)33)17-5-4-6-20(11-17)37-3/h4-8,11,14-15,18,27,32H,9-10,12-13H2,1-3H3/t18-,27+/m1/s1. The van der Waals surface area contributed by atoms with E-state index in [2.05, 4.69) is 5.32 Å². The lowest BCUT2D eigenvalue weighted by Crippen LogP contribution is -2.37. The van der Waals surface area contributed by atoms with Gasteiger partial charge in [-0.25, -0.2) is 4.79 Å². The van der Waals surface area contributed by atoms with Gasteiger partial charge in [0.25, 0.3) is 0 Å². The molecule has 0 fully saturated rings. The molecule has 0 spiro atoms. The number of halogens is 1. The third kappa shape index (κ3) is 5.10. The summed E-state index contributed by atoms with van der Waals surface area (Å²) in [5.74, 6) is -1.16. The van der Waals surface area contributed by atoms with Gasteiger partial charge in [0.2, 0.25) is 0 Å². The first kappa shape index (κ1) is 26.7. The van der Waals surface area contributed by atoms with Gasteiger partial charge in [0.15, 0.2) is 11.2 Å². The Bertz CT molecular complexity index is 1590. The van der Waals surface area contributed by atoms with Gasteiger partial charge in [0.05, 0.1) is 36.9 Å². The number of ether oxygens (including phenoxy) is 3. The van der Waals surface area contributed by atoms with E-state index in [0.717, 1.165) is 5.56 Å². The minimum Gasteiger partial charge on any atom is -0.497 e. The molecule has 1 aliphatic carbocycles. The Kier molecular flexibility index (Phi) is 7.59. The summed E-state index contributed by atoms with van der Waals surface area (Å²) in [6.07, 6.45) is 2.05. The second-order valence-corrected chi connectivity index (χ2v) is 10.0. The summed E-state index contributed by atoms with van der Waals surface area (Å²) in [5, 5.41) is 3.92. The Morgan fingerprint density at radius 1 is 1.10 bits per heavy atom. The van der Waals surface area contributed by atoms with Crippen molar-refractivity contribution in [2.24, 2.45) is 0 Å². The van der Waals surface area contributed by atoms with E-state index in [0.29, 0.717) is 39.7 Å². The van der Waals surface area contributed by atoms with Crippen molar-refractivity contribution >= 4 is 34.3 Å². The van der Waals surface area contributed by atoms with Crippen LogP contribution < -0.4 is 15.5 Å². The monoisotopic (exact) mass is 549 g/mol. The van der Waals surface area contributed by atoms with E-state index < -0.39 is 11.9 Å². The van der Waals surface area contributed by atoms with Gasteiger partial charge in [0, 0.05) is 41.1 Å². The van der Waals surface area contributed by atoms with Crippen molar-refractivity contribution in [3.05, 3.63) is 97.6 Å². The molecular weight excluding hydrogens is 522 g/mol. The predicted octanol–water partition coefficient (Wildman–Crippen LogP) is 5.01. The smallest absolute Gasteiger partial charge is 0.336 e. The molecule has 1 N–H and O–H groups in total. The van der Waals surface area contributed by atoms with Gasteiger partial charge in [-0.05, 0) is 55.2 Å². The Morgan fingerprint density at radius 3 is 2.69 bits per heavy atom. The van der Waals surface area contributed by atoms with Crippen LogP contribution in [-0.4, -0.2) is 39.2 Å². The van der Waals surface area contributed by atoms with Crippen molar-refractivity contribution in [1.82, 2.24) is 5.32 Å². The number of carbonyl (C=O) groups excluding carboxylic acids is 2. The Morgan fingerprint density at radius 2 is 1.92 bits per heavy atom. The molecule has 2 heterocycles. The zero-order valence-electron chi connectivity index (χ0n) is 21.8. The summed E-state index contributed by atoms with van der Waals surface area (Å²) in [4.78, 5) is 41.0. The van der Waals surface area contributed by atoms with Crippen molar-refractivity contribution < 1.29 is 28.2 Å². The minimum atomic E-state index is -0.963. The molecule has 1 aromatic heterocycles. The molecule has 202 valence electrons. The van der Waals surface area contributed by atoms with Crippen LogP contribution in [0, 0.1) is 0 Å². The van der Waals surface area contributed by atoms with Crippen LogP contribution in [-0.2, 0) is 19.1 Å². The Labute approximate surface area is 230 Å². The van der Waals surface area contributed by atoms with Crippen molar-refractivity contribution in [3.8, 4) is 5.75 Å². The maximum absolute atomic E-state index is 13.8. The van der Waals surface area contributed by atoms with E-state index >= 15 is 0 Å². The average Bonchev–Trinajstić information content (AvgIpc) is 2.93. The number of hydrogen-bond acceptors (Lipinski definition) is 8. The molecule has 2 aliphatic rings. The van der Waals surface area contributed by atoms with Crippen molar-refractivity contribution in [1.29, 1.82) is 0 Å². The molecule has 0 unspecified atom stereocenters. The quantitative estimate of drug-likeness (QED) is 0.324. The molecule has 2 aromatic carbocycles. The summed E-state index contributed by atoms with van der Waals surface area (Å²) < 4.78 is 21.6. The molecular formula is C30H28ClNO7. The molecule has 8 nitrogen and oxygen atoms in total. The van der Waals surface area contributed by atoms with E-state index in [1.807, 2.05) is 24.3 Å². The fourth-order valence-electron chi connectivity index (χ4n) is 5.36. The lowest BCUT2D eigenvalue weighted by Gasteiger charge is -2.36. The van der Waals surface area contributed by atoms with Gasteiger partial charge in [-0.15, -0.1) is 0 Å². The van der Waals surface area contributed by atoms with Crippen LogP contribution in [0.5, 0.6) is 5.75 Å². The third-order valence-electron chi connectivity index (χ3n) is 7.21. The molecule has 5 rings (SSSR count). The van der Waals surface area contributed by atoms with Crippen molar-refractivity contribution in [2.45, 2.75) is 31.6 Å². The second-order valence-electron chi connectivity index (χ2n) is 9.58. The molecule has 9 heteroatoms. The number of fused-ring (bicyclic) bond motifs is 1. The number of Topliss-reactive ketones (excluding diaryl/α,β-unsaturated/α-hetero) is 1. The van der Waals surface area contributed by atoms with E-state index in [1.165, 1.54) is 19.4 Å². The topological polar surface area (TPSA) is 104 Å². The lowest BCUT2D eigenvalue weighted by molar-refractivity contribution is -0.140. The van der Waals surface area contributed by atoms with E-state index in [4.69, 9.17) is 30.2 Å². The van der Waals surface area contributed by atoms with Crippen LogP contribution >= 0.6 is 11.6 Å². The number of hydrogen-bond donors (Lipinski definition) is 1. The first-order valence-electron chi connectivity index (χ1n) is 12.6. The number of allylic oxidation sites excluding steroid dienone is 3. The van der Waals surface area contributed by atoms with E-state index in [9.17, 15) is 14.4 Å². The summed E-state index contributed by atoms with van der Waals surface area (Å²) in [6.45, 7) is 1.98. The predicted molar refractivity (Wildman–Crippen MR) is 146 cm³/mol. The molecule has 39 heavy (non-hydrogen) atoms. The number of benzene rings is 2. The molecule has 0 radical (unpaired) electrons. The SMILES string of the molecule is COCCOC(=O)C1=C(C)NC2=C(C(=O)C[C@H](c3cccc(OC)c3)C2)[C@H]1c1coc2ccc(Cl)cc2c1=O. The number of rotatable bonds is 7. The van der Waals surface area contributed by atoms with Crippen LogP contribution in [0.25, 0.3) is 11.0 Å². The normalized spacial score (nSPS) is 19.1. The van der Waals surface area contributed by atoms with Gasteiger partial charge in [0.1, 0.15) is 17.9 Å². The highest BCUT2D eigenvalue weighted by Gasteiger charge is 2.43. The van der Waals surface area contributed by atoms with E-state index in [1.54, 1.807) is 26.2 Å². The number of dihydropyridines is 1. The zero-order chi connectivity index (χ0) is 27.7. The van der Waals surface area contributed by atoms with Gasteiger partial charge in [-0.3, -0.25) is 9.59 Å². The number of methoxy groups -OCH3 is 2. The van der Waals surface area contributed by atoms with Crippen LogP contribution in [0.3, 0.4) is 0 Å². The second kappa shape index (κ2) is 11.1. The van der Waals surface area contributed by atoms with Gasteiger partial charge < -0.3 is 23.9 Å². The number of ketones is 1. The first-order valence-corrected chi connectivity index (χ1v) is 12.9. The molecule has 0 saturated carbocycles. The van der Waals surface area contributed by atoms with Crippen molar-refractivity contribution in [2.75, 3.05) is 27.4 Å². The summed E-state index contributed by atoms with van der Waals surface area (Å²) in [7, 11) is 3.11. The largest absolute Gasteiger partial charge is 0.497 e. The van der Waals surface area contributed by atoms with Gasteiger partial charge >= 0.3 is 5.97 Å².